The molecule has 23 heavy (non-hydrogen) atoms. The number of hydrogen-bond acceptors (Lipinski definition) is 3. The van der Waals surface area contributed by atoms with Crippen molar-refractivity contribution in [2.45, 2.75) is 9.79 Å². The third-order valence-corrected chi connectivity index (χ3v) is 5.21. The van der Waals surface area contributed by atoms with Gasteiger partial charge in [-0.1, -0.05) is 65.8 Å². The highest BCUT2D eigenvalue weighted by Crippen LogP contribution is 2.38. The largest absolute Gasteiger partial charge is 0.423 e. The number of benzene rings is 3. The molecule has 3 aromatic carbocycles. The normalized spacial score (nSPS) is 11.2. The van der Waals surface area contributed by atoms with Crippen molar-refractivity contribution >= 4 is 45.1 Å². The van der Waals surface area contributed by atoms with Crippen LogP contribution >= 0.6 is 23.4 Å². The van der Waals surface area contributed by atoms with E-state index in [0.717, 1.165) is 25.9 Å². The zero-order valence-corrected chi connectivity index (χ0v) is 13.5. The monoisotopic (exact) mass is 338 g/mol. The first kappa shape index (κ1) is 14.4. The van der Waals surface area contributed by atoms with E-state index in [4.69, 9.17) is 16.0 Å². The molecule has 0 aliphatic carbocycles. The second-order valence-corrected chi connectivity index (χ2v) is 6.61. The van der Waals surface area contributed by atoms with Crippen molar-refractivity contribution in [3.05, 3.63) is 82.2 Å². The molecule has 0 aliphatic rings. The van der Waals surface area contributed by atoms with Crippen LogP contribution in [0.1, 0.15) is 0 Å². The maximum atomic E-state index is 11.9. The van der Waals surface area contributed by atoms with Crippen LogP contribution < -0.4 is 5.63 Å². The molecule has 4 aromatic rings. The fourth-order valence-electron chi connectivity index (χ4n) is 2.63. The molecule has 0 saturated carbocycles. The van der Waals surface area contributed by atoms with Crippen molar-refractivity contribution in [3.63, 3.8) is 0 Å². The van der Waals surface area contributed by atoms with Crippen LogP contribution in [-0.4, -0.2) is 0 Å². The second kappa shape index (κ2) is 5.76. The van der Waals surface area contributed by atoms with Crippen LogP contribution in [-0.2, 0) is 0 Å². The SMILES string of the molecule is O=c1cc(Sc2ccccc2Cl)c2c(ccc3ccccc32)o1. The minimum atomic E-state index is -0.359. The molecule has 0 bridgehead atoms. The van der Waals surface area contributed by atoms with Crippen LogP contribution in [0.2, 0.25) is 5.02 Å². The van der Waals surface area contributed by atoms with Crippen LogP contribution in [0.3, 0.4) is 0 Å². The van der Waals surface area contributed by atoms with Crippen LogP contribution in [0.4, 0.5) is 0 Å². The summed E-state index contributed by atoms with van der Waals surface area (Å²) >= 11 is 7.74. The van der Waals surface area contributed by atoms with E-state index in [0.29, 0.717) is 10.6 Å². The summed E-state index contributed by atoms with van der Waals surface area (Å²) in [6, 6.07) is 21.0. The lowest BCUT2D eigenvalue weighted by Gasteiger charge is -2.09. The molecule has 1 heterocycles. The van der Waals surface area contributed by atoms with Crippen LogP contribution in [0.25, 0.3) is 21.7 Å². The zero-order valence-electron chi connectivity index (χ0n) is 12.0. The predicted molar refractivity (Wildman–Crippen MR) is 95.6 cm³/mol. The van der Waals surface area contributed by atoms with E-state index in [1.165, 1.54) is 17.8 Å². The molecular formula is C19H11ClO2S. The van der Waals surface area contributed by atoms with Crippen molar-refractivity contribution in [1.82, 2.24) is 0 Å². The molecule has 0 aliphatic heterocycles. The quantitative estimate of drug-likeness (QED) is 0.344. The van der Waals surface area contributed by atoms with Gasteiger partial charge in [0.15, 0.2) is 0 Å². The Morgan fingerprint density at radius 3 is 2.52 bits per heavy atom. The van der Waals surface area contributed by atoms with E-state index in [2.05, 4.69) is 0 Å². The van der Waals surface area contributed by atoms with Gasteiger partial charge in [0.25, 0.3) is 0 Å². The summed E-state index contributed by atoms with van der Waals surface area (Å²) < 4.78 is 5.38. The standard InChI is InChI=1S/C19H11ClO2S/c20-14-7-3-4-8-16(14)23-17-11-18(21)22-15-10-9-12-5-1-2-6-13(12)19(15)17/h1-11H. The molecule has 0 N–H and O–H groups in total. The van der Waals surface area contributed by atoms with Crippen molar-refractivity contribution in [3.8, 4) is 0 Å². The fraction of sp³-hybridized carbons (Fsp3) is 0. The summed E-state index contributed by atoms with van der Waals surface area (Å²) in [6.45, 7) is 0. The molecule has 0 atom stereocenters. The average Bonchev–Trinajstić information content (AvgIpc) is 2.56. The van der Waals surface area contributed by atoms with Gasteiger partial charge in [-0.15, -0.1) is 0 Å². The summed E-state index contributed by atoms with van der Waals surface area (Å²) in [5.41, 5.74) is 0.230. The number of fused-ring (bicyclic) bond motifs is 3. The van der Waals surface area contributed by atoms with E-state index >= 15 is 0 Å². The van der Waals surface area contributed by atoms with E-state index in [1.807, 2.05) is 60.7 Å². The Bertz CT molecular complexity index is 1090. The number of hydrogen-bond donors (Lipinski definition) is 0. The summed E-state index contributed by atoms with van der Waals surface area (Å²) in [5.74, 6) is 0. The highest BCUT2D eigenvalue weighted by molar-refractivity contribution is 7.99. The molecule has 0 saturated heterocycles. The second-order valence-electron chi connectivity index (χ2n) is 5.12. The predicted octanol–water partition coefficient (Wildman–Crippen LogP) is 5.75. The third kappa shape index (κ3) is 2.62. The third-order valence-electron chi connectivity index (χ3n) is 3.65. The topological polar surface area (TPSA) is 30.2 Å². The maximum absolute atomic E-state index is 11.9. The van der Waals surface area contributed by atoms with Crippen LogP contribution in [0, 0.1) is 0 Å². The van der Waals surface area contributed by atoms with E-state index in [9.17, 15) is 4.79 Å². The highest BCUT2D eigenvalue weighted by atomic mass is 35.5. The summed E-state index contributed by atoms with van der Waals surface area (Å²) in [6.07, 6.45) is 0. The van der Waals surface area contributed by atoms with Gasteiger partial charge in [0.1, 0.15) is 5.58 Å². The number of halogens is 1. The van der Waals surface area contributed by atoms with Gasteiger partial charge in [0.05, 0.1) is 5.02 Å². The minimum Gasteiger partial charge on any atom is -0.423 e. The molecule has 0 radical (unpaired) electrons. The molecule has 0 unspecified atom stereocenters. The maximum Gasteiger partial charge on any atom is 0.337 e. The Balaban J connectivity index is 2.03. The van der Waals surface area contributed by atoms with Gasteiger partial charge in [0.2, 0.25) is 0 Å². The van der Waals surface area contributed by atoms with Gasteiger partial charge in [-0.3, -0.25) is 0 Å². The Kier molecular flexibility index (Phi) is 3.60. The van der Waals surface area contributed by atoms with E-state index in [1.54, 1.807) is 0 Å². The van der Waals surface area contributed by atoms with Crippen molar-refractivity contribution in [1.29, 1.82) is 0 Å². The lowest BCUT2D eigenvalue weighted by atomic mass is 10.1. The molecule has 4 heteroatoms. The molecular weight excluding hydrogens is 328 g/mol. The van der Waals surface area contributed by atoms with Crippen molar-refractivity contribution in [2.75, 3.05) is 0 Å². The Labute approximate surface area is 141 Å². The van der Waals surface area contributed by atoms with Gasteiger partial charge >= 0.3 is 5.63 Å². The van der Waals surface area contributed by atoms with Gasteiger partial charge in [-0.05, 0) is 29.0 Å². The smallest absolute Gasteiger partial charge is 0.337 e. The first-order chi connectivity index (χ1) is 11.2. The molecule has 0 amide bonds. The van der Waals surface area contributed by atoms with Crippen LogP contribution in [0.5, 0.6) is 0 Å². The molecule has 2 nitrogen and oxygen atoms in total. The highest BCUT2D eigenvalue weighted by Gasteiger charge is 2.12. The van der Waals surface area contributed by atoms with E-state index < -0.39 is 0 Å². The van der Waals surface area contributed by atoms with Crippen LogP contribution in [0.15, 0.2) is 85.7 Å². The Morgan fingerprint density at radius 2 is 1.65 bits per heavy atom. The van der Waals surface area contributed by atoms with Crippen molar-refractivity contribution < 1.29 is 4.42 Å². The Morgan fingerprint density at radius 1 is 0.870 bits per heavy atom. The summed E-state index contributed by atoms with van der Waals surface area (Å²) in [4.78, 5) is 13.7. The lowest BCUT2D eigenvalue weighted by Crippen LogP contribution is -1.97. The Hall–Kier alpha value is -2.23. The minimum absolute atomic E-state index is 0.359. The fourth-order valence-corrected chi connectivity index (χ4v) is 3.90. The molecule has 1 aromatic heterocycles. The number of rotatable bonds is 2. The van der Waals surface area contributed by atoms with Gasteiger partial charge in [0, 0.05) is 21.2 Å². The zero-order chi connectivity index (χ0) is 15.8. The molecule has 112 valence electrons. The van der Waals surface area contributed by atoms with E-state index in [-0.39, 0.29) is 5.63 Å². The van der Waals surface area contributed by atoms with Gasteiger partial charge < -0.3 is 4.42 Å². The first-order valence-corrected chi connectivity index (χ1v) is 8.30. The average molecular weight is 339 g/mol. The van der Waals surface area contributed by atoms with Gasteiger partial charge in [-0.2, -0.15) is 0 Å². The van der Waals surface area contributed by atoms with Gasteiger partial charge in [-0.25, -0.2) is 4.79 Å². The summed E-state index contributed by atoms with van der Waals surface area (Å²) in [7, 11) is 0. The summed E-state index contributed by atoms with van der Waals surface area (Å²) in [5, 5.41) is 3.77. The lowest BCUT2D eigenvalue weighted by molar-refractivity contribution is 0.558. The molecule has 0 fully saturated rings. The first-order valence-electron chi connectivity index (χ1n) is 7.10. The van der Waals surface area contributed by atoms with Crippen molar-refractivity contribution in [2.24, 2.45) is 0 Å². The molecule has 0 spiro atoms. The molecule has 4 rings (SSSR count).